The highest BCUT2D eigenvalue weighted by atomic mass is 15.2. The summed E-state index contributed by atoms with van der Waals surface area (Å²) in [6.45, 7) is 5.34. The van der Waals surface area contributed by atoms with Crippen molar-refractivity contribution in [3.8, 4) is 11.1 Å². The average molecular weight is 271 g/mol. The van der Waals surface area contributed by atoms with Gasteiger partial charge in [0.05, 0.1) is 6.20 Å². The van der Waals surface area contributed by atoms with E-state index in [-0.39, 0.29) is 0 Å². The average Bonchev–Trinajstić information content (AvgIpc) is 2.85. The van der Waals surface area contributed by atoms with Crippen molar-refractivity contribution in [2.75, 3.05) is 6.54 Å². The van der Waals surface area contributed by atoms with Gasteiger partial charge in [0.25, 0.3) is 0 Å². The van der Waals surface area contributed by atoms with Crippen LogP contribution in [-0.4, -0.2) is 16.3 Å². The summed E-state index contributed by atoms with van der Waals surface area (Å²) in [5, 5.41) is 4.21. The normalized spacial score (nSPS) is 12.8. The van der Waals surface area contributed by atoms with Crippen LogP contribution in [0, 0.1) is 11.8 Å². The molecule has 1 atom stereocenters. The first-order valence-electron chi connectivity index (χ1n) is 7.38. The molecule has 0 saturated heterocycles. The first-order chi connectivity index (χ1) is 9.60. The molecule has 0 aliphatic heterocycles. The second kappa shape index (κ2) is 6.71. The molecule has 0 radical (unpaired) electrons. The predicted octanol–water partition coefficient (Wildman–Crippen LogP) is 3.25. The van der Waals surface area contributed by atoms with Gasteiger partial charge in [-0.05, 0) is 42.3 Å². The summed E-state index contributed by atoms with van der Waals surface area (Å²) in [5.74, 6) is 1.35. The van der Waals surface area contributed by atoms with Crippen molar-refractivity contribution in [3.05, 3.63) is 42.2 Å². The van der Waals surface area contributed by atoms with E-state index in [1.165, 1.54) is 16.7 Å². The lowest BCUT2D eigenvalue weighted by Crippen LogP contribution is -2.16. The molecule has 0 spiro atoms. The molecular formula is C17H25N3. The van der Waals surface area contributed by atoms with Gasteiger partial charge in [-0.3, -0.25) is 4.68 Å². The highest BCUT2D eigenvalue weighted by Gasteiger charge is 2.13. The van der Waals surface area contributed by atoms with Crippen LogP contribution in [-0.2, 0) is 13.5 Å². The molecular weight excluding hydrogens is 246 g/mol. The Morgan fingerprint density at radius 2 is 1.85 bits per heavy atom. The minimum Gasteiger partial charge on any atom is -0.330 e. The molecule has 2 rings (SSSR count). The van der Waals surface area contributed by atoms with E-state index in [2.05, 4.69) is 43.2 Å². The van der Waals surface area contributed by atoms with E-state index in [1.54, 1.807) is 0 Å². The monoisotopic (exact) mass is 271 g/mol. The summed E-state index contributed by atoms with van der Waals surface area (Å²) < 4.78 is 1.83. The number of benzene rings is 1. The number of aryl methyl sites for hydroxylation is 1. The van der Waals surface area contributed by atoms with Crippen molar-refractivity contribution < 1.29 is 0 Å². The first kappa shape index (κ1) is 14.8. The summed E-state index contributed by atoms with van der Waals surface area (Å²) >= 11 is 0. The second-order valence-corrected chi connectivity index (χ2v) is 5.89. The van der Waals surface area contributed by atoms with Crippen molar-refractivity contribution in [2.24, 2.45) is 24.6 Å². The zero-order valence-electron chi connectivity index (χ0n) is 12.7. The molecule has 0 amide bonds. The van der Waals surface area contributed by atoms with Gasteiger partial charge < -0.3 is 5.73 Å². The van der Waals surface area contributed by atoms with Crippen LogP contribution in [0.15, 0.2) is 36.7 Å². The van der Waals surface area contributed by atoms with Gasteiger partial charge in [0.1, 0.15) is 0 Å². The van der Waals surface area contributed by atoms with Gasteiger partial charge in [0, 0.05) is 18.8 Å². The molecule has 2 aromatic rings. The van der Waals surface area contributed by atoms with Gasteiger partial charge in [0.15, 0.2) is 0 Å². The molecule has 3 nitrogen and oxygen atoms in total. The molecule has 20 heavy (non-hydrogen) atoms. The molecule has 1 aromatic heterocycles. The summed E-state index contributed by atoms with van der Waals surface area (Å²) in [4.78, 5) is 0. The first-order valence-corrected chi connectivity index (χ1v) is 7.38. The van der Waals surface area contributed by atoms with Gasteiger partial charge in [-0.15, -0.1) is 0 Å². The van der Waals surface area contributed by atoms with E-state index in [1.807, 2.05) is 24.1 Å². The molecule has 0 bridgehead atoms. The van der Waals surface area contributed by atoms with Gasteiger partial charge in [0.2, 0.25) is 0 Å². The molecule has 1 heterocycles. The maximum absolute atomic E-state index is 5.71. The van der Waals surface area contributed by atoms with Gasteiger partial charge in [-0.1, -0.05) is 38.1 Å². The number of nitrogens with zero attached hydrogens (tertiary/aromatic N) is 2. The van der Waals surface area contributed by atoms with Gasteiger partial charge in [-0.2, -0.15) is 5.10 Å². The van der Waals surface area contributed by atoms with E-state index in [0.29, 0.717) is 11.8 Å². The Balaban J connectivity index is 2.08. The third-order valence-corrected chi connectivity index (χ3v) is 3.97. The van der Waals surface area contributed by atoms with Crippen LogP contribution >= 0.6 is 0 Å². The minimum atomic E-state index is 0.671. The van der Waals surface area contributed by atoms with Crippen molar-refractivity contribution in [3.63, 3.8) is 0 Å². The fourth-order valence-electron chi connectivity index (χ4n) is 2.59. The van der Waals surface area contributed by atoms with Gasteiger partial charge >= 0.3 is 0 Å². The summed E-state index contributed by atoms with van der Waals surface area (Å²) in [6.07, 6.45) is 6.16. The molecule has 2 N–H and O–H groups in total. The highest BCUT2D eigenvalue weighted by Crippen LogP contribution is 2.23. The van der Waals surface area contributed by atoms with Crippen LogP contribution in [0.3, 0.4) is 0 Å². The number of rotatable bonds is 6. The van der Waals surface area contributed by atoms with Crippen molar-refractivity contribution in [2.45, 2.75) is 26.7 Å². The molecule has 0 aliphatic carbocycles. The van der Waals surface area contributed by atoms with Crippen molar-refractivity contribution in [1.29, 1.82) is 0 Å². The number of hydrogen-bond donors (Lipinski definition) is 1. The maximum atomic E-state index is 5.71. The zero-order chi connectivity index (χ0) is 14.5. The quantitative estimate of drug-likeness (QED) is 0.876. The fraction of sp³-hybridized carbons (Fsp3) is 0.471. The Morgan fingerprint density at radius 1 is 1.15 bits per heavy atom. The minimum absolute atomic E-state index is 0.671. The Hall–Kier alpha value is -1.61. The van der Waals surface area contributed by atoms with Crippen molar-refractivity contribution >= 4 is 0 Å². The van der Waals surface area contributed by atoms with E-state index in [0.717, 1.165) is 19.4 Å². The summed E-state index contributed by atoms with van der Waals surface area (Å²) in [5.41, 5.74) is 9.50. The lowest BCUT2D eigenvalue weighted by Gasteiger charge is -2.20. The Kier molecular flexibility index (Phi) is 4.96. The molecule has 0 saturated carbocycles. The largest absolute Gasteiger partial charge is 0.330 e. The Labute approximate surface area is 121 Å². The number of nitrogens with two attached hydrogens (primary N) is 1. The zero-order valence-corrected chi connectivity index (χ0v) is 12.7. The SMILES string of the molecule is CC(C)C(CCN)Cc1ccc(-c2cnn(C)c2)cc1. The van der Waals surface area contributed by atoms with E-state index in [9.17, 15) is 0 Å². The molecule has 1 unspecified atom stereocenters. The van der Waals surface area contributed by atoms with E-state index < -0.39 is 0 Å². The summed E-state index contributed by atoms with van der Waals surface area (Å²) in [6, 6.07) is 8.83. The molecule has 0 aliphatic rings. The topological polar surface area (TPSA) is 43.8 Å². The van der Waals surface area contributed by atoms with E-state index in [4.69, 9.17) is 5.73 Å². The highest BCUT2D eigenvalue weighted by molar-refractivity contribution is 5.61. The van der Waals surface area contributed by atoms with Crippen LogP contribution in [0.25, 0.3) is 11.1 Å². The maximum Gasteiger partial charge on any atom is 0.0568 e. The van der Waals surface area contributed by atoms with Gasteiger partial charge in [-0.25, -0.2) is 0 Å². The number of aromatic nitrogens is 2. The fourth-order valence-corrected chi connectivity index (χ4v) is 2.59. The van der Waals surface area contributed by atoms with Crippen LogP contribution in [0.5, 0.6) is 0 Å². The van der Waals surface area contributed by atoms with Crippen LogP contribution in [0.4, 0.5) is 0 Å². The molecule has 1 aromatic carbocycles. The third kappa shape index (κ3) is 3.70. The van der Waals surface area contributed by atoms with Crippen LogP contribution < -0.4 is 5.73 Å². The smallest absolute Gasteiger partial charge is 0.0568 e. The summed E-state index contributed by atoms with van der Waals surface area (Å²) in [7, 11) is 1.94. The van der Waals surface area contributed by atoms with Crippen LogP contribution in [0.2, 0.25) is 0 Å². The number of hydrogen-bond acceptors (Lipinski definition) is 2. The Morgan fingerprint density at radius 3 is 2.35 bits per heavy atom. The van der Waals surface area contributed by atoms with E-state index >= 15 is 0 Å². The van der Waals surface area contributed by atoms with Crippen LogP contribution in [0.1, 0.15) is 25.8 Å². The molecule has 108 valence electrons. The van der Waals surface area contributed by atoms with Crippen molar-refractivity contribution in [1.82, 2.24) is 9.78 Å². The Bertz CT molecular complexity index is 525. The molecule has 0 fully saturated rings. The molecule has 3 heteroatoms. The second-order valence-electron chi connectivity index (χ2n) is 5.89. The lowest BCUT2D eigenvalue weighted by atomic mass is 9.86. The standard InChI is InChI=1S/C17H25N3/c1-13(2)16(8-9-18)10-14-4-6-15(7-5-14)17-11-19-20(3)12-17/h4-7,11-13,16H,8-10,18H2,1-3H3. The third-order valence-electron chi connectivity index (χ3n) is 3.97. The predicted molar refractivity (Wildman–Crippen MR) is 84.3 cm³/mol. The lowest BCUT2D eigenvalue weighted by molar-refractivity contribution is 0.362.